The summed E-state index contributed by atoms with van der Waals surface area (Å²) in [5.41, 5.74) is 0.0413. The van der Waals surface area contributed by atoms with Gasteiger partial charge in [0.05, 0.1) is 24.1 Å². The Labute approximate surface area is 148 Å². The minimum absolute atomic E-state index is 0.161. The molecule has 1 aliphatic rings. The number of nitro benzene ring substituents is 1. The number of carbonyl (C=O) groups is 1. The molecular formula is C18H28N3O4+. The average Bonchev–Trinajstić information content (AvgIpc) is 2.57. The molecule has 3 N–H and O–H groups in total. The zero-order valence-electron chi connectivity index (χ0n) is 15.0. The number of anilines is 1. The predicted molar refractivity (Wildman–Crippen MR) is 95.8 cm³/mol. The molecule has 0 spiro atoms. The molecule has 1 aromatic carbocycles. The number of quaternary nitrogens is 1. The van der Waals surface area contributed by atoms with Gasteiger partial charge in [-0.25, -0.2) is 0 Å². The Hall–Kier alpha value is -2.15. The maximum absolute atomic E-state index is 12.5. The second kappa shape index (κ2) is 9.36. The first-order valence-corrected chi connectivity index (χ1v) is 8.99. The van der Waals surface area contributed by atoms with E-state index < -0.39 is 4.92 Å². The fourth-order valence-corrected chi connectivity index (χ4v) is 3.32. The largest absolute Gasteiger partial charge is 0.496 e. The van der Waals surface area contributed by atoms with Crippen LogP contribution < -0.4 is 15.4 Å². The summed E-state index contributed by atoms with van der Waals surface area (Å²) in [6.07, 6.45) is 8.51. The summed E-state index contributed by atoms with van der Waals surface area (Å²) in [7, 11) is 1.45. The third-order valence-electron chi connectivity index (χ3n) is 4.78. The van der Waals surface area contributed by atoms with E-state index >= 15 is 0 Å². The minimum Gasteiger partial charge on any atom is -0.496 e. The topological polar surface area (TPSA) is 98.1 Å². The van der Waals surface area contributed by atoms with Crippen LogP contribution in [-0.4, -0.2) is 30.0 Å². The molecule has 0 bridgehead atoms. The minimum atomic E-state index is -0.513. The van der Waals surface area contributed by atoms with E-state index in [9.17, 15) is 14.9 Å². The first kappa shape index (κ1) is 19.2. The van der Waals surface area contributed by atoms with E-state index in [4.69, 9.17) is 4.74 Å². The van der Waals surface area contributed by atoms with E-state index in [1.54, 1.807) is 6.07 Å². The van der Waals surface area contributed by atoms with Crippen LogP contribution in [0.3, 0.4) is 0 Å². The van der Waals surface area contributed by atoms with E-state index in [0.717, 1.165) is 12.8 Å². The van der Waals surface area contributed by atoms with Crippen molar-refractivity contribution in [2.45, 2.75) is 64.0 Å². The quantitative estimate of drug-likeness (QED) is 0.608. The Morgan fingerprint density at radius 3 is 2.52 bits per heavy atom. The molecule has 0 saturated heterocycles. The monoisotopic (exact) mass is 350 g/mol. The van der Waals surface area contributed by atoms with E-state index in [1.807, 2.05) is 6.92 Å². The number of benzene rings is 1. The van der Waals surface area contributed by atoms with Crippen LogP contribution in [0, 0.1) is 10.1 Å². The molecule has 0 aliphatic heterocycles. The van der Waals surface area contributed by atoms with Crippen LogP contribution in [0.25, 0.3) is 0 Å². The van der Waals surface area contributed by atoms with Gasteiger partial charge in [0, 0.05) is 0 Å². The molecule has 7 heteroatoms. The first-order chi connectivity index (χ1) is 12.0. The van der Waals surface area contributed by atoms with Crippen LogP contribution in [0.4, 0.5) is 11.4 Å². The van der Waals surface area contributed by atoms with Crippen molar-refractivity contribution in [3.63, 3.8) is 0 Å². The molecule has 7 nitrogen and oxygen atoms in total. The van der Waals surface area contributed by atoms with E-state index in [2.05, 4.69) is 10.6 Å². The SMILES string of the molecule is COc1ccc(NC(=O)[C@@H](C)[NH2+]C2CCCCCCC2)c([N+](=O)[O-])c1. The second-order valence-electron chi connectivity index (χ2n) is 6.72. The number of carbonyl (C=O) groups excluding carboxylic acids is 1. The Bertz CT molecular complexity index is 598. The van der Waals surface area contributed by atoms with E-state index in [0.29, 0.717) is 11.8 Å². The van der Waals surface area contributed by atoms with E-state index in [1.165, 1.54) is 51.3 Å². The molecular weight excluding hydrogens is 322 g/mol. The van der Waals surface area contributed by atoms with Gasteiger partial charge in [-0.1, -0.05) is 19.3 Å². The fourth-order valence-electron chi connectivity index (χ4n) is 3.32. The van der Waals surface area contributed by atoms with Crippen molar-refractivity contribution in [1.29, 1.82) is 0 Å². The smallest absolute Gasteiger partial charge is 0.296 e. The lowest BCUT2D eigenvalue weighted by Crippen LogP contribution is -2.96. The summed E-state index contributed by atoms with van der Waals surface area (Å²) in [6.45, 7) is 1.85. The lowest BCUT2D eigenvalue weighted by Gasteiger charge is -2.21. The zero-order valence-corrected chi connectivity index (χ0v) is 15.0. The van der Waals surface area contributed by atoms with Gasteiger partial charge in [0.15, 0.2) is 6.04 Å². The number of nitrogens with one attached hydrogen (secondary N) is 1. The summed E-state index contributed by atoms with van der Waals surface area (Å²) in [6, 6.07) is 4.60. The standard InChI is InChI=1S/C18H27N3O4/c1-13(19-14-8-6-4-3-5-7-9-14)18(22)20-16-11-10-15(25-2)12-17(16)21(23)24/h10-14,19H,3-9H2,1-2H3,(H,20,22)/p+1/t13-/m1/s1. The van der Waals surface area contributed by atoms with Crippen molar-refractivity contribution in [3.05, 3.63) is 28.3 Å². The molecule has 2 rings (SSSR count). The maximum atomic E-state index is 12.5. The fraction of sp³-hybridized carbons (Fsp3) is 0.611. The number of hydrogen-bond acceptors (Lipinski definition) is 4. The highest BCUT2D eigenvalue weighted by atomic mass is 16.6. The van der Waals surface area contributed by atoms with Gasteiger partial charge < -0.3 is 15.4 Å². The van der Waals surface area contributed by atoms with Crippen LogP contribution in [-0.2, 0) is 4.79 Å². The van der Waals surface area contributed by atoms with Gasteiger partial charge in [0.1, 0.15) is 11.4 Å². The number of hydrogen-bond donors (Lipinski definition) is 2. The number of rotatable bonds is 6. The molecule has 1 aromatic rings. The lowest BCUT2D eigenvalue weighted by atomic mass is 9.96. The highest BCUT2D eigenvalue weighted by molar-refractivity contribution is 5.95. The molecule has 0 aromatic heterocycles. The third-order valence-corrected chi connectivity index (χ3v) is 4.78. The predicted octanol–water partition coefficient (Wildman–Crippen LogP) is 2.61. The highest BCUT2D eigenvalue weighted by Gasteiger charge is 2.25. The normalized spacial score (nSPS) is 17.2. The molecule has 0 unspecified atom stereocenters. The lowest BCUT2D eigenvalue weighted by molar-refractivity contribution is -0.707. The Balaban J connectivity index is 1.99. The van der Waals surface area contributed by atoms with Gasteiger partial charge in [-0.15, -0.1) is 0 Å². The molecule has 138 valence electrons. The first-order valence-electron chi connectivity index (χ1n) is 8.99. The zero-order chi connectivity index (χ0) is 18.2. The van der Waals surface area contributed by atoms with Gasteiger partial charge in [0.25, 0.3) is 11.6 Å². The number of ether oxygens (including phenoxy) is 1. The number of nitro groups is 1. The summed E-state index contributed by atoms with van der Waals surface area (Å²) in [5.74, 6) is 0.175. The van der Waals surface area contributed by atoms with E-state index in [-0.39, 0.29) is 23.3 Å². The molecule has 1 saturated carbocycles. The molecule has 1 amide bonds. The van der Waals surface area contributed by atoms with Crippen LogP contribution >= 0.6 is 0 Å². The molecule has 1 fully saturated rings. The average molecular weight is 350 g/mol. The third kappa shape index (κ3) is 5.70. The Kier molecular flexibility index (Phi) is 7.18. The van der Waals surface area contributed by atoms with Crippen molar-refractivity contribution in [2.24, 2.45) is 0 Å². The number of nitrogens with two attached hydrogens (primary N) is 1. The molecule has 0 radical (unpaired) electrons. The van der Waals surface area contributed by atoms with Gasteiger partial charge in [-0.3, -0.25) is 14.9 Å². The highest BCUT2D eigenvalue weighted by Crippen LogP contribution is 2.28. The summed E-state index contributed by atoms with van der Waals surface area (Å²) in [5, 5.41) is 16.0. The van der Waals surface area contributed by atoms with Crippen molar-refractivity contribution in [3.8, 4) is 5.75 Å². The second-order valence-corrected chi connectivity index (χ2v) is 6.72. The molecule has 1 aliphatic carbocycles. The van der Waals surface area contributed by atoms with Gasteiger partial charge >= 0.3 is 0 Å². The molecule has 1 atom stereocenters. The maximum Gasteiger partial charge on any atom is 0.296 e. The summed E-state index contributed by atoms with van der Waals surface area (Å²) in [4.78, 5) is 23.2. The number of nitrogens with zero attached hydrogens (tertiary/aromatic N) is 1. The molecule has 0 heterocycles. The van der Waals surface area contributed by atoms with Gasteiger partial charge in [0.2, 0.25) is 0 Å². The summed E-state index contributed by atoms with van der Waals surface area (Å²) < 4.78 is 5.01. The summed E-state index contributed by atoms with van der Waals surface area (Å²) >= 11 is 0. The van der Waals surface area contributed by atoms with Crippen LogP contribution in [0.5, 0.6) is 5.75 Å². The molecule has 25 heavy (non-hydrogen) atoms. The van der Waals surface area contributed by atoms with Crippen LogP contribution in [0.15, 0.2) is 18.2 Å². The Morgan fingerprint density at radius 1 is 1.28 bits per heavy atom. The van der Waals surface area contributed by atoms with Gasteiger partial charge in [-0.05, 0) is 44.7 Å². The van der Waals surface area contributed by atoms with Crippen molar-refractivity contribution in [1.82, 2.24) is 0 Å². The van der Waals surface area contributed by atoms with Crippen molar-refractivity contribution < 1.29 is 19.8 Å². The Morgan fingerprint density at radius 2 is 1.92 bits per heavy atom. The van der Waals surface area contributed by atoms with Crippen LogP contribution in [0.2, 0.25) is 0 Å². The van der Waals surface area contributed by atoms with Crippen molar-refractivity contribution in [2.75, 3.05) is 12.4 Å². The van der Waals surface area contributed by atoms with Crippen LogP contribution in [0.1, 0.15) is 51.9 Å². The number of methoxy groups -OCH3 is 1. The van der Waals surface area contributed by atoms with Crippen molar-refractivity contribution >= 4 is 17.3 Å². The number of amides is 1. The van der Waals surface area contributed by atoms with Gasteiger partial charge in [-0.2, -0.15) is 0 Å².